The van der Waals surface area contributed by atoms with E-state index in [2.05, 4.69) is 9.97 Å². The van der Waals surface area contributed by atoms with Gasteiger partial charge in [0.05, 0.1) is 10.6 Å². The normalized spacial score (nSPS) is 15.3. The van der Waals surface area contributed by atoms with Crippen molar-refractivity contribution in [3.63, 3.8) is 0 Å². The van der Waals surface area contributed by atoms with Crippen LogP contribution in [-0.2, 0) is 11.1 Å². The minimum Gasteiger partial charge on any atom is -0.768 e. The second kappa shape index (κ2) is 5.29. The maximum Gasteiger partial charge on any atom is 0.115 e. The molecule has 0 radical (unpaired) electrons. The predicted octanol–water partition coefficient (Wildman–Crippen LogP) is 0.413. The first-order valence-electron chi connectivity index (χ1n) is 4.67. The highest BCUT2D eigenvalue weighted by atomic mass is 32.2. The molecule has 2 atom stereocenters. The van der Waals surface area contributed by atoms with Gasteiger partial charge in [0, 0.05) is 18.7 Å². The Morgan fingerprint density at radius 1 is 1.60 bits per heavy atom. The summed E-state index contributed by atoms with van der Waals surface area (Å²) in [6.45, 7) is 4.34. The molecule has 2 unspecified atom stereocenters. The first-order valence-corrected chi connectivity index (χ1v) is 5.74. The summed E-state index contributed by atoms with van der Waals surface area (Å²) < 4.78 is 21.9. The average Bonchev–Trinajstić information content (AvgIpc) is 2.18. The van der Waals surface area contributed by atoms with Gasteiger partial charge in [0.15, 0.2) is 0 Å². The van der Waals surface area contributed by atoms with Gasteiger partial charge in [-0.05, 0) is 17.0 Å². The van der Waals surface area contributed by atoms with Crippen LogP contribution >= 0.6 is 0 Å². The SMILES string of the molecule is CC(C)C(CN)c1ncncc1S(=O)[O-]. The molecule has 1 heterocycles. The number of hydrogen-bond acceptors (Lipinski definition) is 5. The molecule has 1 aromatic rings. The smallest absolute Gasteiger partial charge is 0.115 e. The van der Waals surface area contributed by atoms with Crippen molar-refractivity contribution in [1.82, 2.24) is 9.97 Å². The molecule has 84 valence electrons. The highest BCUT2D eigenvalue weighted by Crippen LogP contribution is 2.25. The Kier molecular flexibility index (Phi) is 4.31. The largest absolute Gasteiger partial charge is 0.768 e. The van der Waals surface area contributed by atoms with Crippen LogP contribution in [0.25, 0.3) is 0 Å². The Labute approximate surface area is 91.4 Å². The van der Waals surface area contributed by atoms with Gasteiger partial charge in [0.25, 0.3) is 0 Å². The molecule has 0 spiro atoms. The van der Waals surface area contributed by atoms with E-state index >= 15 is 0 Å². The molecule has 6 heteroatoms. The number of rotatable bonds is 4. The van der Waals surface area contributed by atoms with Crippen molar-refractivity contribution < 1.29 is 8.76 Å². The van der Waals surface area contributed by atoms with E-state index < -0.39 is 11.1 Å². The molecule has 15 heavy (non-hydrogen) atoms. The van der Waals surface area contributed by atoms with E-state index in [4.69, 9.17) is 5.73 Å². The van der Waals surface area contributed by atoms with Gasteiger partial charge in [-0.2, -0.15) is 0 Å². The highest BCUT2D eigenvalue weighted by Gasteiger charge is 2.19. The first-order chi connectivity index (χ1) is 7.07. The van der Waals surface area contributed by atoms with Gasteiger partial charge >= 0.3 is 0 Å². The molecule has 0 saturated carbocycles. The Balaban J connectivity index is 3.16. The first kappa shape index (κ1) is 12.2. The van der Waals surface area contributed by atoms with Gasteiger partial charge in [-0.1, -0.05) is 13.8 Å². The summed E-state index contributed by atoms with van der Waals surface area (Å²) in [5.41, 5.74) is 6.12. The summed E-state index contributed by atoms with van der Waals surface area (Å²) in [6, 6.07) is 0. The Hall–Kier alpha value is -0.850. The summed E-state index contributed by atoms with van der Waals surface area (Å²) in [5.74, 6) is 0.188. The minimum atomic E-state index is -2.31. The molecule has 5 nitrogen and oxygen atoms in total. The third kappa shape index (κ3) is 2.80. The quantitative estimate of drug-likeness (QED) is 0.754. The van der Waals surface area contributed by atoms with Crippen LogP contribution in [0.1, 0.15) is 25.5 Å². The maximum atomic E-state index is 10.9. The fourth-order valence-corrected chi connectivity index (χ4v) is 1.95. The lowest BCUT2D eigenvalue weighted by Crippen LogP contribution is -2.21. The Bertz CT molecular complexity index is 357. The third-order valence-electron chi connectivity index (χ3n) is 2.30. The summed E-state index contributed by atoms with van der Waals surface area (Å²) in [5, 5.41) is 0. The molecule has 2 N–H and O–H groups in total. The van der Waals surface area contributed by atoms with Crippen LogP contribution in [0.15, 0.2) is 17.4 Å². The van der Waals surface area contributed by atoms with Crippen LogP contribution in [0.4, 0.5) is 0 Å². The van der Waals surface area contributed by atoms with Crippen molar-refractivity contribution in [3.8, 4) is 0 Å². The third-order valence-corrected chi connectivity index (χ3v) is 2.97. The summed E-state index contributed by atoms with van der Waals surface area (Å²) in [4.78, 5) is 7.85. The standard InChI is InChI=1S/C9H15N3O2S/c1-6(2)7(3-10)9-8(15(13)14)4-11-5-12-9/h4-7H,3,10H2,1-2H3,(H,13,14)/p-1. The van der Waals surface area contributed by atoms with Crippen LogP contribution in [0.3, 0.4) is 0 Å². The van der Waals surface area contributed by atoms with Gasteiger partial charge in [0.1, 0.15) is 6.33 Å². The Morgan fingerprint density at radius 2 is 2.27 bits per heavy atom. The molecule has 0 aliphatic rings. The molecular formula is C9H14N3O2S-. The van der Waals surface area contributed by atoms with Crippen molar-refractivity contribution in [2.75, 3.05) is 6.54 Å². The van der Waals surface area contributed by atoms with E-state index in [-0.39, 0.29) is 16.7 Å². The molecule has 0 saturated heterocycles. The van der Waals surface area contributed by atoms with E-state index in [1.165, 1.54) is 12.5 Å². The van der Waals surface area contributed by atoms with Gasteiger partial charge in [-0.25, -0.2) is 9.97 Å². The van der Waals surface area contributed by atoms with Crippen molar-refractivity contribution in [2.45, 2.75) is 24.7 Å². The van der Waals surface area contributed by atoms with Crippen LogP contribution in [-0.4, -0.2) is 25.3 Å². The molecule has 0 aromatic carbocycles. The van der Waals surface area contributed by atoms with Crippen LogP contribution in [0, 0.1) is 5.92 Å². The summed E-state index contributed by atoms with van der Waals surface area (Å²) in [7, 11) is 0. The maximum absolute atomic E-state index is 10.9. The lowest BCUT2D eigenvalue weighted by atomic mass is 9.92. The lowest BCUT2D eigenvalue weighted by molar-refractivity contribution is 0.480. The van der Waals surface area contributed by atoms with E-state index in [1.807, 2.05) is 13.8 Å². The average molecular weight is 228 g/mol. The van der Waals surface area contributed by atoms with Crippen LogP contribution in [0.2, 0.25) is 0 Å². The lowest BCUT2D eigenvalue weighted by Gasteiger charge is -2.21. The number of nitrogens with two attached hydrogens (primary N) is 1. The monoisotopic (exact) mass is 228 g/mol. The molecule has 0 amide bonds. The number of nitrogens with zero attached hydrogens (tertiary/aromatic N) is 2. The van der Waals surface area contributed by atoms with Gasteiger partial charge < -0.3 is 10.3 Å². The zero-order valence-electron chi connectivity index (χ0n) is 8.71. The molecule has 0 aliphatic carbocycles. The molecule has 0 fully saturated rings. The van der Waals surface area contributed by atoms with Crippen LogP contribution < -0.4 is 5.73 Å². The summed E-state index contributed by atoms with van der Waals surface area (Å²) >= 11 is -2.31. The molecular weight excluding hydrogens is 214 g/mol. The van der Waals surface area contributed by atoms with Gasteiger partial charge in [0.2, 0.25) is 0 Å². The minimum absolute atomic E-state index is 0.0547. The topological polar surface area (TPSA) is 91.9 Å². The molecule has 1 rings (SSSR count). The van der Waals surface area contributed by atoms with Crippen molar-refractivity contribution >= 4 is 11.1 Å². The van der Waals surface area contributed by atoms with Gasteiger partial charge in [-0.15, -0.1) is 0 Å². The van der Waals surface area contributed by atoms with E-state index in [1.54, 1.807) is 0 Å². The second-order valence-electron chi connectivity index (χ2n) is 3.59. The van der Waals surface area contributed by atoms with Crippen molar-refractivity contribution in [2.24, 2.45) is 11.7 Å². The van der Waals surface area contributed by atoms with Crippen LogP contribution in [0.5, 0.6) is 0 Å². The summed E-state index contributed by atoms with van der Waals surface area (Å²) in [6.07, 6.45) is 2.65. The van der Waals surface area contributed by atoms with Crippen molar-refractivity contribution in [3.05, 3.63) is 18.2 Å². The highest BCUT2D eigenvalue weighted by molar-refractivity contribution is 7.79. The Morgan fingerprint density at radius 3 is 2.73 bits per heavy atom. The van der Waals surface area contributed by atoms with E-state index in [0.717, 1.165) is 0 Å². The molecule has 0 bridgehead atoms. The predicted molar refractivity (Wildman–Crippen MR) is 55.9 cm³/mol. The zero-order chi connectivity index (χ0) is 11.4. The zero-order valence-corrected chi connectivity index (χ0v) is 9.53. The molecule has 0 aliphatic heterocycles. The fraction of sp³-hybridized carbons (Fsp3) is 0.556. The fourth-order valence-electron chi connectivity index (χ4n) is 1.43. The number of hydrogen-bond donors (Lipinski definition) is 1. The van der Waals surface area contributed by atoms with E-state index in [0.29, 0.717) is 12.2 Å². The second-order valence-corrected chi connectivity index (χ2v) is 4.50. The molecule has 1 aromatic heterocycles. The van der Waals surface area contributed by atoms with E-state index in [9.17, 15) is 8.76 Å². The number of aromatic nitrogens is 2. The van der Waals surface area contributed by atoms with Gasteiger partial charge in [-0.3, -0.25) is 4.21 Å². The van der Waals surface area contributed by atoms with Crippen molar-refractivity contribution in [1.29, 1.82) is 0 Å².